The second-order valence-corrected chi connectivity index (χ2v) is 6.41. The molecule has 1 aliphatic rings. The van der Waals surface area contributed by atoms with E-state index in [0.717, 1.165) is 37.4 Å². The third-order valence-corrected chi connectivity index (χ3v) is 4.59. The Hall–Kier alpha value is -1.89. The molecule has 1 aliphatic heterocycles. The first-order valence-electron chi connectivity index (χ1n) is 8.71. The predicted octanol–water partition coefficient (Wildman–Crippen LogP) is 2.47. The average molecular weight is 345 g/mol. The van der Waals surface area contributed by atoms with Gasteiger partial charge in [-0.2, -0.15) is 5.10 Å². The number of rotatable bonds is 8. The van der Waals surface area contributed by atoms with Gasteiger partial charge in [-0.3, -0.25) is 4.68 Å². The standard InChI is InChI=1S/C19H27N3O3/c1-14-4-5-18(24-3)15(10-14)11-20-17-6-8-25-19(17)16-12-21-22(13-16)7-9-23-2/h4-5,10,12-13,17,19-20H,6-9,11H2,1-3H3/t17-,19+/m0/s1. The molecule has 6 nitrogen and oxygen atoms in total. The minimum atomic E-state index is 0.0344. The third kappa shape index (κ3) is 4.39. The van der Waals surface area contributed by atoms with E-state index in [0.29, 0.717) is 6.61 Å². The molecule has 3 rings (SSSR count). The van der Waals surface area contributed by atoms with E-state index in [1.54, 1.807) is 14.2 Å². The predicted molar refractivity (Wildman–Crippen MR) is 95.8 cm³/mol. The van der Waals surface area contributed by atoms with Crippen LogP contribution in [0.2, 0.25) is 0 Å². The number of methoxy groups -OCH3 is 2. The Morgan fingerprint density at radius 1 is 1.36 bits per heavy atom. The summed E-state index contributed by atoms with van der Waals surface area (Å²) in [7, 11) is 3.41. The average Bonchev–Trinajstić information content (AvgIpc) is 3.27. The first-order valence-corrected chi connectivity index (χ1v) is 8.71. The Bertz CT molecular complexity index is 686. The SMILES string of the molecule is COCCn1cc([C@H]2OCC[C@@H]2NCc2cc(C)ccc2OC)cn1. The molecule has 0 aliphatic carbocycles. The van der Waals surface area contributed by atoms with Crippen LogP contribution in [0.25, 0.3) is 0 Å². The zero-order chi connectivity index (χ0) is 17.6. The summed E-state index contributed by atoms with van der Waals surface area (Å²) < 4.78 is 18.4. The minimum absolute atomic E-state index is 0.0344. The molecule has 0 spiro atoms. The van der Waals surface area contributed by atoms with Gasteiger partial charge in [-0.05, 0) is 19.4 Å². The van der Waals surface area contributed by atoms with Crippen molar-refractivity contribution >= 4 is 0 Å². The molecule has 2 aromatic rings. The fraction of sp³-hybridized carbons (Fsp3) is 0.526. The molecule has 1 aromatic carbocycles. The largest absolute Gasteiger partial charge is 0.496 e. The maximum absolute atomic E-state index is 5.96. The van der Waals surface area contributed by atoms with Crippen LogP contribution >= 0.6 is 0 Å². The Balaban J connectivity index is 1.64. The van der Waals surface area contributed by atoms with Crippen molar-refractivity contribution in [1.82, 2.24) is 15.1 Å². The van der Waals surface area contributed by atoms with E-state index in [2.05, 4.69) is 35.7 Å². The van der Waals surface area contributed by atoms with E-state index in [1.807, 2.05) is 16.9 Å². The van der Waals surface area contributed by atoms with Crippen LogP contribution in [0.15, 0.2) is 30.6 Å². The molecule has 2 atom stereocenters. The number of nitrogens with zero attached hydrogens (tertiary/aromatic N) is 2. The van der Waals surface area contributed by atoms with Crippen LogP contribution in [0.3, 0.4) is 0 Å². The fourth-order valence-electron chi connectivity index (χ4n) is 3.25. The summed E-state index contributed by atoms with van der Waals surface area (Å²) in [5, 5.41) is 8.03. The molecule has 0 unspecified atom stereocenters. The van der Waals surface area contributed by atoms with Gasteiger partial charge in [0.15, 0.2) is 0 Å². The van der Waals surface area contributed by atoms with Crippen LogP contribution < -0.4 is 10.1 Å². The van der Waals surface area contributed by atoms with Gasteiger partial charge in [-0.1, -0.05) is 17.7 Å². The van der Waals surface area contributed by atoms with Gasteiger partial charge in [0, 0.05) is 43.6 Å². The first kappa shape index (κ1) is 17.9. The first-order chi connectivity index (χ1) is 12.2. The summed E-state index contributed by atoms with van der Waals surface area (Å²) in [6.45, 7) is 5.02. The Morgan fingerprint density at radius 3 is 3.04 bits per heavy atom. The monoisotopic (exact) mass is 345 g/mol. The zero-order valence-corrected chi connectivity index (χ0v) is 15.2. The molecule has 1 N–H and O–H groups in total. The number of aryl methyl sites for hydroxylation is 1. The van der Waals surface area contributed by atoms with E-state index in [4.69, 9.17) is 14.2 Å². The van der Waals surface area contributed by atoms with Gasteiger partial charge >= 0.3 is 0 Å². The summed E-state index contributed by atoms with van der Waals surface area (Å²) in [5.41, 5.74) is 3.52. The molecule has 0 bridgehead atoms. The van der Waals surface area contributed by atoms with Crippen molar-refractivity contribution in [3.05, 3.63) is 47.3 Å². The number of hydrogen-bond acceptors (Lipinski definition) is 5. The summed E-state index contributed by atoms with van der Waals surface area (Å²) >= 11 is 0. The van der Waals surface area contributed by atoms with Gasteiger partial charge in [0.2, 0.25) is 0 Å². The van der Waals surface area contributed by atoms with E-state index in [1.165, 1.54) is 11.1 Å². The minimum Gasteiger partial charge on any atom is -0.496 e. The smallest absolute Gasteiger partial charge is 0.123 e. The number of nitrogens with one attached hydrogen (secondary N) is 1. The van der Waals surface area contributed by atoms with Crippen LogP contribution in [0.4, 0.5) is 0 Å². The Kier molecular flexibility index (Phi) is 6.07. The van der Waals surface area contributed by atoms with E-state index in [9.17, 15) is 0 Å². The number of ether oxygens (including phenoxy) is 3. The van der Waals surface area contributed by atoms with Gasteiger partial charge in [0.25, 0.3) is 0 Å². The van der Waals surface area contributed by atoms with E-state index in [-0.39, 0.29) is 12.1 Å². The summed E-state index contributed by atoms with van der Waals surface area (Å²) in [4.78, 5) is 0. The van der Waals surface area contributed by atoms with Crippen molar-refractivity contribution < 1.29 is 14.2 Å². The zero-order valence-electron chi connectivity index (χ0n) is 15.2. The van der Waals surface area contributed by atoms with Crippen LogP contribution in [0, 0.1) is 6.92 Å². The Morgan fingerprint density at radius 2 is 2.24 bits per heavy atom. The maximum Gasteiger partial charge on any atom is 0.123 e. The van der Waals surface area contributed by atoms with Gasteiger partial charge in [-0.15, -0.1) is 0 Å². The normalized spacial score (nSPS) is 20.1. The van der Waals surface area contributed by atoms with Crippen LogP contribution in [-0.4, -0.2) is 43.3 Å². The van der Waals surface area contributed by atoms with Crippen molar-refractivity contribution in [3.63, 3.8) is 0 Å². The highest BCUT2D eigenvalue weighted by molar-refractivity contribution is 5.36. The molecular weight excluding hydrogens is 318 g/mol. The highest BCUT2D eigenvalue weighted by atomic mass is 16.5. The van der Waals surface area contributed by atoms with Crippen molar-refractivity contribution in [2.24, 2.45) is 0 Å². The lowest BCUT2D eigenvalue weighted by atomic mass is 10.0. The lowest BCUT2D eigenvalue weighted by Crippen LogP contribution is -2.31. The molecule has 0 saturated carbocycles. The fourth-order valence-corrected chi connectivity index (χ4v) is 3.25. The van der Waals surface area contributed by atoms with Crippen molar-refractivity contribution in [1.29, 1.82) is 0 Å². The molecule has 136 valence electrons. The van der Waals surface area contributed by atoms with Crippen molar-refractivity contribution in [2.45, 2.75) is 38.6 Å². The molecule has 0 amide bonds. The highest BCUT2D eigenvalue weighted by Gasteiger charge is 2.30. The Labute approximate surface area is 149 Å². The van der Waals surface area contributed by atoms with Gasteiger partial charge in [-0.25, -0.2) is 0 Å². The van der Waals surface area contributed by atoms with E-state index >= 15 is 0 Å². The summed E-state index contributed by atoms with van der Waals surface area (Å²) in [6, 6.07) is 6.53. The van der Waals surface area contributed by atoms with Gasteiger partial charge in [0.1, 0.15) is 11.9 Å². The quantitative estimate of drug-likeness (QED) is 0.796. The summed E-state index contributed by atoms with van der Waals surface area (Å²) in [5.74, 6) is 0.918. The van der Waals surface area contributed by atoms with Crippen molar-refractivity contribution in [2.75, 3.05) is 27.4 Å². The molecule has 2 heterocycles. The lowest BCUT2D eigenvalue weighted by molar-refractivity contribution is 0.0983. The topological polar surface area (TPSA) is 57.5 Å². The second-order valence-electron chi connectivity index (χ2n) is 6.41. The number of hydrogen-bond donors (Lipinski definition) is 1. The highest BCUT2D eigenvalue weighted by Crippen LogP contribution is 2.29. The molecule has 0 radical (unpaired) electrons. The van der Waals surface area contributed by atoms with Crippen LogP contribution in [-0.2, 0) is 22.6 Å². The molecule has 1 fully saturated rings. The molecule has 1 aromatic heterocycles. The third-order valence-electron chi connectivity index (χ3n) is 4.59. The number of benzene rings is 1. The van der Waals surface area contributed by atoms with Gasteiger partial charge < -0.3 is 19.5 Å². The maximum atomic E-state index is 5.96. The molecule has 25 heavy (non-hydrogen) atoms. The summed E-state index contributed by atoms with van der Waals surface area (Å²) in [6.07, 6.45) is 4.97. The van der Waals surface area contributed by atoms with Crippen molar-refractivity contribution in [3.8, 4) is 5.75 Å². The molecule has 6 heteroatoms. The van der Waals surface area contributed by atoms with Crippen LogP contribution in [0.1, 0.15) is 29.2 Å². The molecular formula is C19H27N3O3. The van der Waals surface area contributed by atoms with Gasteiger partial charge in [0.05, 0.1) is 26.5 Å². The van der Waals surface area contributed by atoms with E-state index < -0.39 is 0 Å². The number of aromatic nitrogens is 2. The molecule has 1 saturated heterocycles. The second kappa shape index (κ2) is 8.47. The van der Waals surface area contributed by atoms with Crippen LogP contribution in [0.5, 0.6) is 5.75 Å². The lowest BCUT2D eigenvalue weighted by Gasteiger charge is -2.20.